The summed E-state index contributed by atoms with van der Waals surface area (Å²) in [7, 11) is 0. The van der Waals surface area contributed by atoms with Gasteiger partial charge < -0.3 is 10.2 Å². The molecule has 0 aromatic carbocycles. The summed E-state index contributed by atoms with van der Waals surface area (Å²) in [4.78, 5) is 12.0. The standard InChI is InChI=1S/C20H28O3/c1-14(7-6-8-15(2)11-12-21)9-10-17-16(3)18(22)13-19(23)20(17,4)5/h6-11,19,21,23H,12-13H2,1-5H3/b8-6+,10-9+,14-7+,15-11+. The van der Waals surface area contributed by atoms with Crippen LogP contribution >= 0.6 is 0 Å². The van der Waals surface area contributed by atoms with Gasteiger partial charge in [0, 0.05) is 11.8 Å². The van der Waals surface area contributed by atoms with Crippen molar-refractivity contribution in [3.05, 3.63) is 58.7 Å². The lowest BCUT2D eigenvalue weighted by atomic mass is 9.70. The first kappa shape index (κ1) is 19.3. The third-order valence-corrected chi connectivity index (χ3v) is 4.37. The van der Waals surface area contributed by atoms with Gasteiger partial charge in [-0.2, -0.15) is 0 Å². The minimum atomic E-state index is -0.645. The molecular formula is C20H28O3. The van der Waals surface area contributed by atoms with Gasteiger partial charge in [0.1, 0.15) is 0 Å². The second-order valence-electron chi connectivity index (χ2n) is 6.64. The van der Waals surface area contributed by atoms with E-state index in [0.29, 0.717) is 0 Å². The molecule has 0 aromatic rings. The number of aliphatic hydroxyl groups excluding tert-OH is 2. The van der Waals surface area contributed by atoms with Crippen molar-refractivity contribution >= 4 is 5.78 Å². The topological polar surface area (TPSA) is 57.5 Å². The van der Waals surface area contributed by atoms with Crippen molar-refractivity contribution in [2.24, 2.45) is 5.41 Å². The molecular weight excluding hydrogens is 288 g/mol. The average molecular weight is 316 g/mol. The second-order valence-corrected chi connectivity index (χ2v) is 6.64. The fourth-order valence-corrected chi connectivity index (χ4v) is 2.57. The maximum Gasteiger partial charge on any atom is 0.161 e. The fraction of sp³-hybridized carbons (Fsp3) is 0.450. The van der Waals surface area contributed by atoms with Gasteiger partial charge in [0.25, 0.3) is 0 Å². The van der Waals surface area contributed by atoms with Crippen molar-refractivity contribution in [2.45, 2.75) is 47.1 Å². The van der Waals surface area contributed by atoms with Crippen LogP contribution in [0.4, 0.5) is 0 Å². The number of hydrogen-bond donors (Lipinski definition) is 2. The molecule has 126 valence electrons. The van der Waals surface area contributed by atoms with Gasteiger partial charge in [-0.1, -0.05) is 61.4 Å². The third kappa shape index (κ3) is 5.15. The summed E-state index contributed by atoms with van der Waals surface area (Å²) in [6.45, 7) is 9.72. The molecule has 0 amide bonds. The quantitative estimate of drug-likeness (QED) is 0.761. The Labute approximate surface area is 139 Å². The summed E-state index contributed by atoms with van der Waals surface area (Å²) >= 11 is 0. The molecule has 0 spiro atoms. The Morgan fingerprint density at radius 3 is 2.52 bits per heavy atom. The predicted octanol–water partition coefficient (Wildman–Crippen LogP) is 3.66. The zero-order valence-corrected chi connectivity index (χ0v) is 14.8. The van der Waals surface area contributed by atoms with Crippen LogP contribution in [0.25, 0.3) is 0 Å². The Kier molecular flexibility index (Phi) is 6.92. The van der Waals surface area contributed by atoms with E-state index in [2.05, 4.69) is 0 Å². The number of aliphatic hydroxyl groups is 2. The van der Waals surface area contributed by atoms with Crippen LogP contribution in [0.2, 0.25) is 0 Å². The Balaban J connectivity index is 2.96. The van der Waals surface area contributed by atoms with Gasteiger partial charge in [-0.15, -0.1) is 0 Å². The van der Waals surface area contributed by atoms with Gasteiger partial charge in [0.15, 0.2) is 5.78 Å². The molecule has 0 fully saturated rings. The molecule has 0 bridgehead atoms. The van der Waals surface area contributed by atoms with Crippen LogP contribution < -0.4 is 0 Å². The van der Waals surface area contributed by atoms with Crippen molar-refractivity contribution in [1.82, 2.24) is 0 Å². The van der Waals surface area contributed by atoms with Crippen molar-refractivity contribution in [3.63, 3.8) is 0 Å². The fourth-order valence-electron chi connectivity index (χ4n) is 2.57. The maximum absolute atomic E-state index is 12.0. The van der Waals surface area contributed by atoms with Crippen molar-refractivity contribution in [2.75, 3.05) is 6.61 Å². The molecule has 2 N–H and O–H groups in total. The molecule has 0 saturated carbocycles. The largest absolute Gasteiger partial charge is 0.392 e. The lowest BCUT2D eigenvalue weighted by Crippen LogP contribution is -2.38. The number of rotatable bonds is 5. The Bertz CT molecular complexity index is 598. The van der Waals surface area contributed by atoms with E-state index in [1.165, 1.54) is 0 Å². The van der Waals surface area contributed by atoms with E-state index in [4.69, 9.17) is 5.11 Å². The first-order chi connectivity index (χ1) is 10.7. The van der Waals surface area contributed by atoms with Gasteiger partial charge in [0.05, 0.1) is 12.7 Å². The minimum Gasteiger partial charge on any atom is -0.392 e. The number of carbonyl (C=O) groups is 1. The smallest absolute Gasteiger partial charge is 0.161 e. The van der Waals surface area contributed by atoms with Gasteiger partial charge in [-0.05, 0) is 31.9 Å². The second kappa shape index (κ2) is 8.23. The molecule has 1 aliphatic rings. The van der Waals surface area contributed by atoms with E-state index in [1.807, 2.05) is 65.0 Å². The molecule has 1 rings (SSSR count). The zero-order valence-electron chi connectivity index (χ0n) is 14.8. The van der Waals surface area contributed by atoms with Crippen LogP contribution in [0.3, 0.4) is 0 Å². The van der Waals surface area contributed by atoms with Crippen LogP contribution in [0.5, 0.6) is 0 Å². The van der Waals surface area contributed by atoms with Crippen molar-refractivity contribution in [3.8, 4) is 0 Å². The van der Waals surface area contributed by atoms with Gasteiger partial charge in [-0.3, -0.25) is 4.79 Å². The lowest BCUT2D eigenvalue weighted by molar-refractivity contribution is -0.120. The molecule has 0 radical (unpaired) electrons. The zero-order chi connectivity index (χ0) is 17.6. The summed E-state index contributed by atoms with van der Waals surface area (Å²) < 4.78 is 0. The molecule has 3 heteroatoms. The molecule has 1 atom stereocenters. The molecule has 1 aliphatic carbocycles. The third-order valence-electron chi connectivity index (χ3n) is 4.37. The van der Waals surface area contributed by atoms with Crippen LogP contribution in [0.15, 0.2) is 58.7 Å². The number of Topliss-reactive ketones (excluding diaryl/α,β-unsaturated/α-hetero) is 1. The van der Waals surface area contributed by atoms with E-state index in [9.17, 15) is 9.90 Å². The summed E-state index contributed by atoms with van der Waals surface area (Å²) in [6, 6.07) is 0. The highest BCUT2D eigenvalue weighted by atomic mass is 16.3. The Morgan fingerprint density at radius 2 is 1.91 bits per heavy atom. The average Bonchev–Trinajstić information content (AvgIpc) is 2.45. The van der Waals surface area contributed by atoms with Crippen molar-refractivity contribution < 1.29 is 15.0 Å². The molecule has 23 heavy (non-hydrogen) atoms. The number of allylic oxidation sites excluding steroid dienone is 8. The van der Waals surface area contributed by atoms with Crippen LogP contribution in [0.1, 0.15) is 41.0 Å². The molecule has 0 saturated heterocycles. The molecule has 0 aliphatic heterocycles. The SMILES string of the molecule is CC1=C(/C=C/C(C)=C/C=C/C(C)=C/CO)C(C)(C)C(O)CC1=O. The number of hydrogen-bond acceptors (Lipinski definition) is 3. The normalized spacial score (nSPS) is 23.4. The highest BCUT2D eigenvalue weighted by Crippen LogP contribution is 2.39. The van der Waals surface area contributed by atoms with Crippen LogP contribution in [0, 0.1) is 5.41 Å². The number of ketones is 1. The summed E-state index contributed by atoms with van der Waals surface area (Å²) in [6.07, 6.45) is 11.0. The molecule has 0 aromatic heterocycles. The van der Waals surface area contributed by atoms with E-state index in [1.54, 1.807) is 6.08 Å². The highest BCUT2D eigenvalue weighted by molar-refractivity contribution is 5.97. The number of carbonyl (C=O) groups excluding carboxylic acids is 1. The maximum atomic E-state index is 12.0. The Morgan fingerprint density at radius 1 is 1.26 bits per heavy atom. The first-order valence-corrected chi connectivity index (χ1v) is 7.93. The van der Waals surface area contributed by atoms with Gasteiger partial charge in [0.2, 0.25) is 0 Å². The summed E-state index contributed by atoms with van der Waals surface area (Å²) in [5, 5.41) is 19.0. The van der Waals surface area contributed by atoms with Gasteiger partial charge >= 0.3 is 0 Å². The predicted molar refractivity (Wildman–Crippen MR) is 95.0 cm³/mol. The van der Waals surface area contributed by atoms with Crippen LogP contribution in [-0.2, 0) is 4.79 Å². The summed E-state index contributed by atoms with van der Waals surface area (Å²) in [5.41, 5.74) is 3.25. The van der Waals surface area contributed by atoms with E-state index >= 15 is 0 Å². The monoisotopic (exact) mass is 316 g/mol. The highest BCUT2D eigenvalue weighted by Gasteiger charge is 2.38. The first-order valence-electron chi connectivity index (χ1n) is 7.93. The van der Waals surface area contributed by atoms with Crippen molar-refractivity contribution in [1.29, 1.82) is 0 Å². The Hall–Kier alpha value is -1.71. The van der Waals surface area contributed by atoms with E-state index in [0.717, 1.165) is 22.3 Å². The molecule has 1 unspecified atom stereocenters. The van der Waals surface area contributed by atoms with Crippen LogP contribution in [-0.4, -0.2) is 28.7 Å². The van der Waals surface area contributed by atoms with E-state index in [-0.39, 0.29) is 18.8 Å². The van der Waals surface area contributed by atoms with Gasteiger partial charge in [-0.25, -0.2) is 0 Å². The summed E-state index contributed by atoms with van der Waals surface area (Å²) in [5.74, 6) is 0.0165. The van der Waals surface area contributed by atoms with E-state index < -0.39 is 11.5 Å². The molecule has 3 nitrogen and oxygen atoms in total. The molecule has 0 heterocycles. The minimum absolute atomic E-state index is 0.0165. The lowest BCUT2D eigenvalue weighted by Gasteiger charge is -2.36.